The molecule has 0 aliphatic heterocycles. The predicted octanol–water partition coefficient (Wildman–Crippen LogP) is 3.09. The molecule has 26 heavy (non-hydrogen) atoms. The van der Waals surface area contributed by atoms with E-state index in [4.69, 9.17) is 17.2 Å². The molecule has 6 heteroatoms. The second-order valence-corrected chi connectivity index (χ2v) is 6.26. The molecular weight excluding hydrogens is 324 g/mol. The van der Waals surface area contributed by atoms with Gasteiger partial charge in [-0.25, -0.2) is 4.98 Å². The first-order valence-corrected chi connectivity index (χ1v) is 8.56. The maximum atomic E-state index is 6.23. The second-order valence-electron chi connectivity index (χ2n) is 6.26. The standard InChI is InChI=1S/C20H24N6/c1-3-16-18(19(22)25-20(23)24-16)14-9-10-15(21)17(11-14)26(2)12-13-7-5-4-6-8-13/h4-11H,3,12,21H2,1-2H3,(H4,22,23,24,25). The van der Waals surface area contributed by atoms with Gasteiger partial charge in [0.05, 0.1) is 17.1 Å². The van der Waals surface area contributed by atoms with Crippen LogP contribution in [0.25, 0.3) is 11.1 Å². The Morgan fingerprint density at radius 2 is 1.69 bits per heavy atom. The van der Waals surface area contributed by atoms with Crippen LogP contribution in [-0.4, -0.2) is 17.0 Å². The van der Waals surface area contributed by atoms with Gasteiger partial charge in [0.1, 0.15) is 5.82 Å². The average Bonchev–Trinajstić information content (AvgIpc) is 2.62. The van der Waals surface area contributed by atoms with Crippen LogP contribution in [0.2, 0.25) is 0 Å². The fraction of sp³-hybridized carbons (Fsp3) is 0.200. The van der Waals surface area contributed by atoms with Gasteiger partial charge >= 0.3 is 0 Å². The van der Waals surface area contributed by atoms with E-state index in [0.29, 0.717) is 17.9 Å². The lowest BCUT2D eigenvalue weighted by Gasteiger charge is -2.22. The molecule has 0 amide bonds. The van der Waals surface area contributed by atoms with E-state index in [2.05, 4.69) is 27.0 Å². The first-order valence-electron chi connectivity index (χ1n) is 8.56. The molecule has 6 nitrogen and oxygen atoms in total. The smallest absolute Gasteiger partial charge is 0.222 e. The topological polar surface area (TPSA) is 107 Å². The molecule has 3 aromatic rings. The predicted molar refractivity (Wildman–Crippen MR) is 109 cm³/mol. The fourth-order valence-corrected chi connectivity index (χ4v) is 3.09. The summed E-state index contributed by atoms with van der Waals surface area (Å²) in [5, 5.41) is 0. The van der Waals surface area contributed by atoms with Crippen LogP contribution in [0.3, 0.4) is 0 Å². The van der Waals surface area contributed by atoms with E-state index in [9.17, 15) is 0 Å². The number of hydrogen-bond acceptors (Lipinski definition) is 6. The molecule has 3 rings (SSSR count). The summed E-state index contributed by atoms with van der Waals surface area (Å²) >= 11 is 0. The number of nitrogen functional groups attached to an aromatic ring is 3. The van der Waals surface area contributed by atoms with Crippen molar-refractivity contribution in [2.45, 2.75) is 19.9 Å². The Morgan fingerprint density at radius 1 is 0.962 bits per heavy atom. The van der Waals surface area contributed by atoms with Crippen molar-refractivity contribution < 1.29 is 0 Å². The summed E-state index contributed by atoms with van der Waals surface area (Å²) in [5.41, 5.74) is 23.5. The first-order chi connectivity index (χ1) is 12.5. The summed E-state index contributed by atoms with van der Waals surface area (Å²) in [6.07, 6.45) is 0.714. The van der Waals surface area contributed by atoms with E-state index < -0.39 is 0 Å². The molecule has 2 aromatic carbocycles. The van der Waals surface area contributed by atoms with E-state index in [1.165, 1.54) is 5.56 Å². The highest BCUT2D eigenvalue weighted by molar-refractivity contribution is 5.82. The molecular formula is C20H24N6. The van der Waals surface area contributed by atoms with Gasteiger partial charge in [0.25, 0.3) is 0 Å². The first kappa shape index (κ1) is 17.5. The number of aromatic nitrogens is 2. The van der Waals surface area contributed by atoms with Crippen LogP contribution >= 0.6 is 0 Å². The summed E-state index contributed by atoms with van der Waals surface area (Å²) in [6, 6.07) is 16.1. The molecule has 0 bridgehead atoms. The van der Waals surface area contributed by atoms with Crippen LogP contribution in [0.15, 0.2) is 48.5 Å². The van der Waals surface area contributed by atoms with Crippen molar-refractivity contribution in [2.24, 2.45) is 0 Å². The molecule has 0 saturated heterocycles. The van der Waals surface area contributed by atoms with Gasteiger partial charge in [-0.2, -0.15) is 4.98 Å². The van der Waals surface area contributed by atoms with Crippen LogP contribution in [0.5, 0.6) is 0 Å². The summed E-state index contributed by atoms with van der Waals surface area (Å²) < 4.78 is 0. The summed E-state index contributed by atoms with van der Waals surface area (Å²) in [5.74, 6) is 0.579. The van der Waals surface area contributed by atoms with Crippen molar-refractivity contribution in [1.82, 2.24) is 9.97 Å². The zero-order valence-electron chi connectivity index (χ0n) is 15.1. The molecule has 0 unspecified atom stereocenters. The third-order valence-corrected chi connectivity index (χ3v) is 4.36. The minimum Gasteiger partial charge on any atom is -0.397 e. The van der Waals surface area contributed by atoms with E-state index in [1.54, 1.807) is 0 Å². The van der Waals surface area contributed by atoms with E-state index in [1.807, 2.05) is 50.4 Å². The number of anilines is 4. The number of aryl methyl sites for hydroxylation is 1. The molecule has 1 heterocycles. The molecule has 0 radical (unpaired) electrons. The number of hydrogen-bond donors (Lipinski definition) is 3. The Balaban J connectivity index is 2.01. The summed E-state index contributed by atoms with van der Waals surface area (Å²) in [7, 11) is 2.02. The molecule has 0 spiro atoms. The molecule has 1 aromatic heterocycles. The fourth-order valence-electron chi connectivity index (χ4n) is 3.09. The molecule has 0 aliphatic rings. The number of benzene rings is 2. The third-order valence-electron chi connectivity index (χ3n) is 4.36. The number of rotatable bonds is 5. The van der Waals surface area contributed by atoms with Crippen LogP contribution in [0, 0.1) is 0 Å². The lowest BCUT2D eigenvalue weighted by molar-refractivity contribution is 0.925. The zero-order chi connectivity index (χ0) is 18.7. The summed E-state index contributed by atoms with van der Waals surface area (Å²) in [4.78, 5) is 10.6. The summed E-state index contributed by atoms with van der Waals surface area (Å²) in [6.45, 7) is 2.77. The van der Waals surface area contributed by atoms with Crippen molar-refractivity contribution >= 4 is 23.1 Å². The highest BCUT2D eigenvalue weighted by Gasteiger charge is 2.15. The van der Waals surface area contributed by atoms with Crippen molar-refractivity contribution in [3.8, 4) is 11.1 Å². The van der Waals surface area contributed by atoms with Crippen molar-refractivity contribution in [3.05, 3.63) is 59.8 Å². The Kier molecular flexibility index (Phi) is 4.93. The third kappa shape index (κ3) is 3.54. The largest absolute Gasteiger partial charge is 0.397 e. The Hall–Kier alpha value is -3.28. The molecule has 6 N–H and O–H groups in total. The van der Waals surface area contributed by atoms with Crippen molar-refractivity contribution in [3.63, 3.8) is 0 Å². The maximum Gasteiger partial charge on any atom is 0.222 e. The van der Waals surface area contributed by atoms with Gasteiger partial charge in [0.15, 0.2) is 0 Å². The lowest BCUT2D eigenvalue weighted by Crippen LogP contribution is -2.18. The second kappa shape index (κ2) is 7.31. The van der Waals surface area contributed by atoms with Crippen molar-refractivity contribution in [1.29, 1.82) is 0 Å². The van der Waals surface area contributed by atoms with Crippen LogP contribution in [0.4, 0.5) is 23.1 Å². The Morgan fingerprint density at radius 3 is 2.38 bits per heavy atom. The van der Waals surface area contributed by atoms with E-state index in [-0.39, 0.29) is 5.95 Å². The normalized spacial score (nSPS) is 10.7. The van der Waals surface area contributed by atoms with Crippen LogP contribution in [-0.2, 0) is 13.0 Å². The van der Waals surface area contributed by atoms with Gasteiger partial charge in [-0.1, -0.05) is 43.3 Å². The monoisotopic (exact) mass is 348 g/mol. The lowest BCUT2D eigenvalue weighted by atomic mass is 10.0. The van der Waals surface area contributed by atoms with Crippen molar-refractivity contribution in [2.75, 3.05) is 29.1 Å². The van der Waals surface area contributed by atoms with Gasteiger partial charge in [-0.15, -0.1) is 0 Å². The number of nitrogens with two attached hydrogens (primary N) is 3. The highest BCUT2D eigenvalue weighted by atomic mass is 15.1. The van der Waals surface area contributed by atoms with Gasteiger partial charge in [-0.3, -0.25) is 0 Å². The van der Waals surface area contributed by atoms with Gasteiger partial charge in [0.2, 0.25) is 5.95 Å². The minimum absolute atomic E-state index is 0.194. The number of nitrogens with zero attached hydrogens (tertiary/aromatic N) is 3. The quantitative estimate of drug-likeness (QED) is 0.612. The molecule has 134 valence electrons. The molecule has 0 atom stereocenters. The molecule has 0 fully saturated rings. The Bertz CT molecular complexity index is 908. The molecule has 0 aliphatic carbocycles. The van der Waals surface area contributed by atoms with Gasteiger partial charge in [-0.05, 0) is 29.7 Å². The maximum absolute atomic E-state index is 6.23. The van der Waals surface area contributed by atoms with E-state index >= 15 is 0 Å². The highest BCUT2D eigenvalue weighted by Crippen LogP contribution is 2.34. The van der Waals surface area contributed by atoms with Crippen LogP contribution in [0.1, 0.15) is 18.2 Å². The van der Waals surface area contributed by atoms with Gasteiger partial charge < -0.3 is 22.1 Å². The Labute approximate surface area is 153 Å². The van der Waals surface area contributed by atoms with E-state index in [0.717, 1.165) is 29.1 Å². The molecule has 0 saturated carbocycles. The SMILES string of the molecule is CCc1nc(N)nc(N)c1-c1ccc(N)c(N(C)Cc2ccccc2)c1. The van der Waals surface area contributed by atoms with Crippen LogP contribution < -0.4 is 22.1 Å². The zero-order valence-corrected chi connectivity index (χ0v) is 15.1. The average molecular weight is 348 g/mol. The van der Waals surface area contributed by atoms with Gasteiger partial charge in [0, 0.05) is 19.2 Å². The minimum atomic E-state index is 0.194.